The summed E-state index contributed by atoms with van der Waals surface area (Å²) < 4.78 is 12.0. The van der Waals surface area contributed by atoms with Crippen molar-refractivity contribution in [2.24, 2.45) is 34.5 Å². The number of epoxide rings is 1. The maximum Gasteiger partial charge on any atom is 0.334 e. The second kappa shape index (κ2) is 6.83. The Balaban J connectivity index is 1.31. The Kier molecular flexibility index (Phi) is 4.61. The van der Waals surface area contributed by atoms with Gasteiger partial charge in [0, 0.05) is 12.0 Å². The molecule has 34 heavy (non-hydrogen) atoms. The van der Waals surface area contributed by atoms with Gasteiger partial charge in [-0.3, -0.25) is 4.79 Å². The van der Waals surface area contributed by atoms with Crippen molar-refractivity contribution in [1.82, 2.24) is 0 Å². The smallest absolute Gasteiger partial charge is 0.334 e. The highest BCUT2D eigenvalue weighted by Gasteiger charge is 2.80. The number of cyclic esters (lactones) is 1. The highest BCUT2D eigenvalue weighted by Crippen LogP contribution is 2.73. The standard InChI is InChI=1S/C28H38O6/c1-14-12-22(33-24(31)15(14)2)27(5,32)19-7-6-17-16-13-23-28(34-23)21(30)9-8-20(29)26(28,4)18(16)10-11-25(17,19)3/h8-9,16-19,21-23,30,32H,6-7,10-13H2,1-5H3/t16-,17-,18-,19-,21-,22+,23+,25-,26-,27+,28+/m0/s1. The number of rotatable bonds is 2. The number of carbonyl (C=O) groups excluding carboxylic acids is 2. The molecule has 6 heteroatoms. The number of hydrogen-bond acceptors (Lipinski definition) is 6. The fraction of sp³-hybridized carbons (Fsp3) is 0.786. The van der Waals surface area contributed by atoms with Gasteiger partial charge < -0.3 is 19.7 Å². The first-order valence-electron chi connectivity index (χ1n) is 13.1. The van der Waals surface area contributed by atoms with E-state index in [0.717, 1.165) is 37.7 Å². The van der Waals surface area contributed by atoms with Gasteiger partial charge in [0.2, 0.25) is 0 Å². The normalized spacial score (nSPS) is 53.3. The molecule has 2 N–H and O–H groups in total. The molecule has 0 aromatic rings. The van der Waals surface area contributed by atoms with E-state index in [2.05, 4.69) is 6.92 Å². The average Bonchev–Trinajstić information content (AvgIpc) is 3.40. The summed E-state index contributed by atoms with van der Waals surface area (Å²) in [5, 5.41) is 22.7. The lowest BCUT2D eigenvalue weighted by molar-refractivity contribution is -0.184. The molecular formula is C28H38O6. The van der Waals surface area contributed by atoms with E-state index in [1.54, 1.807) is 19.1 Å². The van der Waals surface area contributed by atoms with Gasteiger partial charge in [0.05, 0.1) is 11.5 Å². The molecule has 0 aromatic carbocycles. The number of hydrogen-bond donors (Lipinski definition) is 2. The third-order valence-corrected chi connectivity index (χ3v) is 11.7. The van der Waals surface area contributed by atoms with E-state index in [-0.39, 0.29) is 35.1 Å². The van der Waals surface area contributed by atoms with Gasteiger partial charge in [-0.1, -0.05) is 12.5 Å². The minimum absolute atomic E-state index is 0.0158. The zero-order chi connectivity index (χ0) is 24.4. The predicted octanol–water partition coefficient (Wildman–Crippen LogP) is 3.50. The second-order valence-corrected chi connectivity index (χ2v) is 12.8. The molecule has 1 saturated heterocycles. The van der Waals surface area contributed by atoms with Gasteiger partial charge in [-0.15, -0.1) is 0 Å². The lowest BCUT2D eigenvalue weighted by Gasteiger charge is -2.59. The fourth-order valence-electron chi connectivity index (χ4n) is 9.56. The van der Waals surface area contributed by atoms with Gasteiger partial charge in [0.25, 0.3) is 0 Å². The van der Waals surface area contributed by atoms with E-state index in [9.17, 15) is 19.8 Å². The molecule has 6 nitrogen and oxygen atoms in total. The number of carbonyl (C=O) groups is 2. The average molecular weight is 471 g/mol. The van der Waals surface area contributed by atoms with E-state index in [0.29, 0.717) is 23.8 Å². The van der Waals surface area contributed by atoms with Crippen LogP contribution in [0, 0.1) is 34.5 Å². The van der Waals surface area contributed by atoms with Gasteiger partial charge >= 0.3 is 5.97 Å². The summed E-state index contributed by atoms with van der Waals surface area (Å²) in [6, 6.07) is 0. The number of ketones is 1. The highest BCUT2D eigenvalue weighted by molar-refractivity contribution is 5.98. The minimum atomic E-state index is -1.12. The van der Waals surface area contributed by atoms with Gasteiger partial charge in [0.1, 0.15) is 23.4 Å². The Morgan fingerprint density at radius 3 is 2.56 bits per heavy atom. The van der Waals surface area contributed by atoms with Crippen LogP contribution in [-0.4, -0.2) is 51.5 Å². The van der Waals surface area contributed by atoms with E-state index in [4.69, 9.17) is 9.47 Å². The Labute approximate surface area is 201 Å². The number of allylic oxidation sites excluding steroid dienone is 1. The Hall–Kier alpha value is -1.50. The first-order valence-corrected chi connectivity index (χ1v) is 13.1. The monoisotopic (exact) mass is 470 g/mol. The van der Waals surface area contributed by atoms with Crippen LogP contribution in [0.2, 0.25) is 0 Å². The molecular weight excluding hydrogens is 432 g/mol. The van der Waals surface area contributed by atoms with Crippen molar-refractivity contribution in [3.63, 3.8) is 0 Å². The van der Waals surface area contributed by atoms with Crippen LogP contribution >= 0.6 is 0 Å². The number of esters is 1. The zero-order valence-electron chi connectivity index (χ0n) is 21.0. The lowest BCUT2D eigenvalue weighted by Crippen LogP contribution is -2.64. The zero-order valence-corrected chi connectivity index (χ0v) is 21.0. The molecule has 0 aromatic heterocycles. The van der Waals surface area contributed by atoms with Crippen molar-refractivity contribution in [2.45, 2.75) is 103 Å². The largest absolute Gasteiger partial charge is 0.456 e. The Morgan fingerprint density at radius 2 is 1.85 bits per heavy atom. The molecule has 2 aliphatic heterocycles. The summed E-state index contributed by atoms with van der Waals surface area (Å²) in [6.45, 7) is 9.96. The van der Waals surface area contributed by atoms with Crippen molar-refractivity contribution in [2.75, 3.05) is 0 Å². The lowest BCUT2D eigenvalue weighted by atomic mass is 9.44. The van der Waals surface area contributed by atoms with Crippen LogP contribution in [0.15, 0.2) is 23.3 Å². The first kappa shape index (κ1) is 22.9. The molecule has 0 radical (unpaired) electrons. The van der Waals surface area contributed by atoms with Crippen molar-refractivity contribution in [3.05, 3.63) is 23.3 Å². The molecule has 6 aliphatic rings. The van der Waals surface area contributed by atoms with Gasteiger partial charge in [0.15, 0.2) is 5.78 Å². The Morgan fingerprint density at radius 1 is 1.12 bits per heavy atom. The highest BCUT2D eigenvalue weighted by atomic mass is 16.6. The maximum absolute atomic E-state index is 13.3. The predicted molar refractivity (Wildman–Crippen MR) is 125 cm³/mol. The molecule has 0 unspecified atom stereocenters. The summed E-state index contributed by atoms with van der Waals surface area (Å²) in [4.78, 5) is 25.7. The summed E-state index contributed by atoms with van der Waals surface area (Å²) in [5.74, 6) is 0.651. The number of fused-ring (bicyclic) bond motifs is 4. The molecule has 3 saturated carbocycles. The molecule has 186 valence electrons. The van der Waals surface area contributed by atoms with Crippen LogP contribution in [0.3, 0.4) is 0 Å². The molecule has 6 rings (SSSR count). The van der Waals surface area contributed by atoms with Crippen LogP contribution in [0.25, 0.3) is 0 Å². The molecule has 4 aliphatic carbocycles. The molecule has 0 amide bonds. The SMILES string of the molecule is CC1=C(C)C(=O)O[C@@H]([C@](C)(O)[C@H]2CC[C@H]3[C@@H]4C[C@H]5O[C@]56[C@@H](O)C=CC(=O)[C@]6(C)[C@H]4CC[C@]23C)C1. The minimum Gasteiger partial charge on any atom is -0.456 e. The summed E-state index contributed by atoms with van der Waals surface area (Å²) in [6.07, 6.45) is 6.96. The Bertz CT molecular complexity index is 1030. The number of aliphatic hydroxyl groups excluding tert-OH is 1. The molecule has 1 spiro atoms. The summed E-state index contributed by atoms with van der Waals surface area (Å²) >= 11 is 0. The number of aliphatic hydroxyl groups is 2. The van der Waals surface area contributed by atoms with Crippen molar-refractivity contribution in [3.8, 4) is 0 Å². The third kappa shape index (κ3) is 2.53. The quantitative estimate of drug-likeness (QED) is 0.474. The van der Waals surface area contributed by atoms with E-state index in [1.807, 2.05) is 20.8 Å². The summed E-state index contributed by atoms with van der Waals surface area (Å²) in [5.41, 5.74) is -1.02. The van der Waals surface area contributed by atoms with Gasteiger partial charge in [-0.2, -0.15) is 0 Å². The molecule has 0 bridgehead atoms. The van der Waals surface area contributed by atoms with Crippen LogP contribution in [0.5, 0.6) is 0 Å². The van der Waals surface area contributed by atoms with Crippen molar-refractivity contribution >= 4 is 11.8 Å². The summed E-state index contributed by atoms with van der Waals surface area (Å²) in [7, 11) is 0. The van der Waals surface area contributed by atoms with Crippen LogP contribution in [0.4, 0.5) is 0 Å². The van der Waals surface area contributed by atoms with Crippen molar-refractivity contribution in [1.29, 1.82) is 0 Å². The van der Waals surface area contributed by atoms with Crippen LogP contribution in [0.1, 0.15) is 73.1 Å². The maximum atomic E-state index is 13.3. The van der Waals surface area contributed by atoms with Crippen LogP contribution in [-0.2, 0) is 19.1 Å². The number of ether oxygens (including phenoxy) is 2. The molecule has 2 heterocycles. The van der Waals surface area contributed by atoms with E-state index >= 15 is 0 Å². The van der Waals surface area contributed by atoms with Gasteiger partial charge in [-0.05, 0) is 101 Å². The first-order chi connectivity index (χ1) is 15.9. The fourth-order valence-corrected chi connectivity index (χ4v) is 9.56. The third-order valence-electron chi connectivity index (χ3n) is 11.7. The van der Waals surface area contributed by atoms with E-state index < -0.39 is 28.8 Å². The molecule has 4 fully saturated rings. The van der Waals surface area contributed by atoms with E-state index in [1.165, 1.54) is 0 Å². The topological polar surface area (TPSA) is 96.4 Å². The molecule has 11 atom stereocenters. The van der Waals surface area contributed by atoms with Gasteiger partial charge in [-0.25, -0.2) is 4.79 Å². The van der Waals surface area contributed by atoms with Crippen molar-refractivity contribution < 1.29 is 29.3 Å². The second-order valence-electron chi connectivity index (χ2n) is 12.8. The van der Waals surface area contributed by atoms with Crippen LogP contribution < -0.4 is 0 Å².